The lowest BCUT2D eigenvalue weighted by Gasteiger charge is -2.19. The van der Waals surface area contributed by atoms with Crippen LogP contribution >= 0.6 is 12.2 Å². The molecule has 0 spiro atoms. The minimum atomic E-state index is -0.372. The van der Waals surface area contributed by atoms with Crippen molar-refractivity contribution in [3.05, 3.63) is 35.9 Å². The molecular formula is C16H25N3O3S. The van der Waals surface area contributed by atoms with Crippen LogP contribution in [-0.4, -0.2) is 37.1 Å². The first-order valence-corrected chi connectivity index (χ1v) is 8.11. The normalized spacial score (nSPS) is 11.8. The molecule has 0 fully saturated rings. The Morgan fingerprint density at radius 3 is 2.30 bits per heavy atom. The van der Waals surface area contributed by atoms with Gasteiger partial charge in [0, 0.05) is 13.2 Å². The van der Waals surface area contributed by atoms with Crippen molar-refractivity contribution in [3.63, 3.8) is 0 Å². The summed E-state index contributed by atoms with van der Waals surface area (Å²) in [5.41, 5.74) is 6.22. The van der Waals surface area contributed by atoms with Gasteiger partial charge in [-0.2, -0.15) is 0 Å². The molecule has 1 aromatic rings. The molecule has 128 valence electrons. The number of carbonyl (C=O) groups excluding carboxylic acids is 1. The second kappa shape index (κ2) is 10.9. The molecule has 1 aromatic carbocycles. The van der Waals surface area contributed by atoms with E-state index in [9.17, 15) is 4.79 Å². The lowest BCUT2D eigenvalue weighted by molar-refractivity contribution is -0.131. The number of hydrazine groups is 1. The molecule has 0 aromatic heterocycles. The number of ether oxygens (including phenoxy) is 2. The smallest absolute Gasteiger partial charge is 0.245 e. The molecule has 1 atom stereocenters. The van der Waals surface area contributed by atoms with Crippen molar-refractivity contribution in [1.82, 2.24) is 16.2 Å². The van der Waals surface area contributed by atoms with E-state index in [0.717, 1.165) is 5.56 Å². The Morgan fingerprint density at radius 1 is 1.13 bits per heavy atom. The summed E-state index contributed by atoms with van der Waals surface area (Å²) in [4.78, 5) is 12.1. The van der Waals surface area contributed by atoms with E-state index in [0.29, 0.717) is 24.9 Å². The average Bonchev–Trinajstić information content (AvgIpc) is 2.58. The van der Waals surface area contributed by atoms with Crippen LogP contribution in [0.3, 0.4) is 0 Å². The molecule has 0 radical (unpaired) electrons. The van der Waals surface area contributed by atoms with Crippen LogP contribution in [0.25, 0.3) is 0 Å². The number of nitrogens with one attached hydrogen (secondary N) is 3. The number of hydrogen-bond acceptors (Lipinski definition) is 4. The summed E-state index contributed by atoms with van der Waals surface area (Å²) in [5.74, 6) is -0.433. The maximum atomic E-state index is 12.1. The minimum Gasteiger partial charge on any atom is -0.356 e. The second-order valence-corrected chi connectivity index (χ2v) is 5.21. The van der Waals surface area contributed by atoms with Gasteiger partial charge in [-0.15, -0.1) is 0 Å². The molecule has 0 saturated carbocycles. The van der Waals surface area contributed by atoms with E-state index >= 15 is 0 Å². The predicted molar refractivity (Wildman–Crippen MR) is 93.8 cm³/mol. The highest BCUT2D eigenvalue weighted by Crippen LogP contribution is 2.13. The fourth-order valence-electron chi connectivity index (χ4n) is 1.88. The molecule has 0 aliphatic rings. The van der Waals surface area contributed by atoms with Gasteiger partial charge in [0.05, 0.1) is 12.5 Å². The third kappa shape index (κ3) is 7.40. The van der Waals surface area contributed by atoms with E-state index in [4.69, 9.17) is 21.7 Å². The standard InChI is InChI=1S/C16H25N3O3S/c1-4-21-14(22-5-2)11-17-16(23)19-18-15(20)12(3)13-9-7-6-8-10-13/h6-10,12,14H,4-5,11H2,1-3H3,(H,18,20)(H2,17,19,23). The number of amides is 1. The Bertz CT molecular complexity index is 479. The van der Waals surface area contributed by atoms with Gasteiger partial charge in [-0.25, -0.2) is 0 Å². The zero-order valence-electron chi connectivity index (χ0n) is 13.8. The first kappa shape index (κ1) is 19.3. The number of hydrogen-bond donors (Lipinski definition) is 3. The highest BCUT2D eigenvalue weighted by Gasteiger charge is 2.15. The first-order valence-electron chi connectivity index (χ1n) is 7.70. The molecule has 0 saturated heterocycles. The van der Waals surface area contributed by atoms with Crippen LogP contribution in [-0.2, 0) is 14.3 Å². The van der Waals surface area contributed by atoms with Crippen LogP contribution in [0.1, 0.15) is 32.3 Å². The molecule has 0 heterocycles. The van der Waals surface area contributed by atoms with Gasteiger partial charge in [0.25, 0.3) is 0 Å². The molecule has 3 N–H and O–H groups in total. The Kier molecular flexibility index (Phi) is 9.20. The maximum absolute atomic E-state index is 12.1. The topological polar surface area (TPSA) is 71.6 Å². The third-order valence-electron chi connectivity index (χ3n) is 3.13. The summed E-state index contributed by atoms with van der Waals surface area (Å²) < 4.78 is 10.8. The van der Waals surface area contributed by atoms with E-state index < -0.39 is 0 Å². The number of carbonyl (C=O) groups is 1. The average molecular weight is 339 g/mol. The molecule has 0 aliphatic carbocycles. The van der Waals surface area contributed by atoms with E-state index in [1.54, 1.807) is 0 Å². The van der Waals surface area contributed by atoms with Crippen LogP contribution in [0, 0.1) is 0 Å². The first-order chi connectivity index (χ1) is 11.1. The molecule has 0 aliphatic heterocycles. The van der Waals surface area contributed by atoms with Crippen molar-refractivity contribution < 1.29 is 14.3 Å². The molecule has 1 rings (SSSR count). The van der Waals surface area contributed by atoms with Crippen molar-refractivity contribution in [2.45, 2.75) is 33.0 Å². The van der Waals surface area contributed by atoms with Crippen LogP contribution in [0.2, 0.25) is 0 Å². The minimum absolute atomic E-state index is 0.161. The molecule has 0 bridgehead atoms. The lowest BCUT2D eigenvalue weighted by Crippen LogP contribution is -2.49. The van der Waals surface area contributed by atoms with Crippen LogP contribution in [0.4, 0.5) is 0 Å². The van der Waals surface area contributed by atoms with E-state index in [2.05, 4.69) is 16.2 Å². The van der Waals surface area contributed by atoms with Crippen LogP contribution in [0.15, 0.2) is 30.3 Å². The zero-order chi connectivity index (χ0) is 17.1. The van der Waals surface area contributed by atoms with Gasteiger partial charge in [-0.1, -0.05) is 30.3 Å². The Hall–Kier alpha value is -1.70. The van der Waals surface area contributed by atoms with Gasteiger partial charge >= 0.3 is 0 Å². The van der Waals surface area contributed by atoms with Gasteiger partial charge in [-0.05, 0) is 38.6 Å². The lowest BCUT2D eigenvalue weighted by atomic mass is 10.0. The summed E-state index contributed by atoms with van der Waals surface area (Å²) in [6.45, 7) is 7.14. The maximum Gasteiger partial charge on any atom is 0.245 e. The highest BCUT2D eigenvalue weighted by molar-refractivity contribution is 7.80. The molecule has 7 heteroatoms. The number of benzene rings is 1. The molecule has 23 heavy (non-hydrogen) atoms. The summed E-state index contributed by atoms with van der Waals surface area (Å²) in [6, 6.07) is 9.55. The van der Waals surface area contributed by atoms with E-state index in [1.165, 1.54) is 0 Å². The van der Waals surface area contributed by atoms with Gasteiger partial charge in [-0.3, -0.25) is 15.6 Å². The van der Waals surface area contributed by atoms with Crippen molar-refractivity contribution in [2.75, 3.05) is 19.8 Å². The molecule has 1 unspecified atom stereocenters. The quantitative estimate of drug-likeness (QED) is 0.380. The van der Waals surface area contributed by atoms with Gasteiger partial charge in [0.2, 0.25) is 5.91 Å². The Balaban J connectivity index is 2.33. The van der Waals surface area contributed by atoms with Gasteiger partial charge in [0.15, 0.2) is 11.4 Å². The van der Waals surface area contributed by atoms with E-state index in [-0.39, 0.29) is 18.1 Å². The van der Waals surface area contributed by atoms with Gasteiger partial charge < -0.3 is 14.8 Å². The number of thiocarbonyl (C=S) groups is 1. The SMILES string of the molecule is CCOC(CNC(=S)NNC(=O)C(C)c1ccccc1)OCC. The summed E-state index contributed by atoms with van der Waals surface area (Å²) >= 11 is 5.11. The summed E-state index contributed by atoms with van der Waals surface area (Å²) in [7, 11) is 0. The molecular weight excluding hydrogens is 314 g/mol. The Morgan fingerprint density at radius 2 is 1.74 bits per heavy atom. The zero-order valence-corrected chi connectivity index (χ0v) is 14.6. The number of rotatable bonds is 8. The van der Waals surface area contributed by atoms with Crippen molar-refractivity contribution in [3.8, 4) is 0 Å². The fraction of sp³-hybridized carbons (Fsp3) is 0.500. The molecule has 1 amide bonds. The van der Waals surface area contributed by atoms with Gasteiger partial charge in [0.1, 0.15) is 0 Å². The second-order valence-electron chi connectivity index (χ2n) is 4.80. The van der Waals surface area contributed by atoms with E-state index in [1.807, 2.05) is 51.1 Å². The molecule has 6 nitrogen and oxygen atoms in total. The Labute approximate surface area is 142 Å². The van der Waals surface area contributed by atoms with Crippen molar-refractivity contribution in [1.29, 1.82) is 0 Å². The van der Waals surface area contributed by atoms with Crippen molar-refractivity contribution >= 4 is 23.2 Å². The largest absolute Gasteiger partial charge is 0.356 e. The monoisotopic (exact) mass is 339 g/mol. The fourth-order valence-corrected chi connectivity index (χ4v) is 2.01. The summed E-state index contributed by atoms with van der Waals surface area (Å²) in [6.07, 6.45) is -0.372. The van der Waals surface area contributed by atoms with Crippen LogP contribution in [0.5, 0.6) is 0 Å². The third-order valence-corrected chi connectivity index (χ3v) is 3.37. The van der Waals surface area contributed by atoms with Crippen molar-refractivity contribution in [2.24, 2.45) is 0 Å². The van der Waals surface area contributed by atoms with Crippen LogP contribution < -0.4 is 16.2 Å². The summed E-state index contributed by atoms with van der Waals surface area (Å²) in [5, 5.41) is 3.25. The predicted octanol–water partition coefficient (Wildman–Crippen LogP) is 1.68. The highest BCUT2D eigenvalue weighted by atomic mass is 32.1.